The summed E-state index contributed by atoms with van der Waals surface area (Å²) in [6.07, 6.45) is 0.678. The van der Waals surface area contributed by atoms with Gasteiger partial charge in [-0.1, -0.05) is 31.0 Å². The van der Waals surface area contributed by atoms with Crippen molar-refractivity contribution in [2.24, 2.45) is 0 Å². The second-order valence-corrected chi connectivity index (χ2v) is 3.28. The fraction of sp³-hybridized carbons (Fsp3) is 0. The van der Waals surface area contributed by atoms with Crippen LogP contribution in [0.15, 0.2) is 35.1 Å². The smallest absolute Gasteiger partial charge is 0.261 e. The number of aldehydes is 1. The van der Waals surface area contributed by atoms with E-state index >= 15 is 0 Å². The zero-order valence-corrected chi connectivity index (χ0v) is 8.07. The molecule has 1 aromatic carbocycles. The molecule has 0 aliphatic heterocycles. The lowest BCUT2D eigenvalue weighted by molar-refractivity contribution is 0.112. The molecule has 2 rings (SSSR count). The predicted molar refractivity (Wildman–Crippen MR) is 58.0 cm³/mol. The Morgan fingerprint density at radius 1 is 1.29 bits per heavy atom. The van der Waals surface area contributed by atoms with E-state index in [1.54, 1.807) is 18.2 Å². The zero-order chi connectivity index (χ0) is 10.1. The number of thiol groups is 1. The number of fused-ring (bicyclic) bond motifs is 1. The maximum atomic E-state index is 11.3. The summed E-state index contributed by atoms with van der Waals surface area (Å²) in [6, 6.07) is 8.42. The molecule has 3 nitrogen and oxygen atoms in total. The number of rotatable bonds is 1. The molecule has 1 aromatic heterocycles. The van der Waals surface area contributed by atoms with Gasteiger partial charge in [0.1, 0.15) is 0 Å². The van der Waals surface area contributed by atoms with Crippen molar-refractivity contribution in [1.29, 1.82) is 0 Å². The van der Waals surface area contributed by atoms with Crippen molar-refractivity contribution in [3.05, 3.63) is 46.2 Å². The van der Waals surface area contributed by atoms with Crippen molar-refractivity contribution >= 4 is 30.0 Å². The molecule has 0 aliphatic carbocycles. The number of hydrogen-bond acceptors (Lipinski definition) is 3. The van der Waals surface area contributed by atoms with E-state index in [1.165, 1.54) is 10.0 Å². The van der Waals surface area contributed by atoms with Crippen molar-refractivity contribution in [2.45, 2.75) is 0 Å². The number of carbonyl (C=O) groups excluding carboxylic acids is 1. The molecule has 0 bridgehead atoms. The van der Waals surface area contributed by atoms with E-state index in [-0.39, 0.29) is 5.56 Å². The zero-order valence-electron chi connectivity index (χ0n) is 7.18. The van der Waals surface area contributed by atoms with Crippen molar-refractivity contribution in [1.82, 2.24) is 3.97 Å². The fourth-order valence-electron chi connectivity index (χ4n) is 1.39. The number of pyridine rings is 1. The third-order valence-corrected chi connectivity index (χ3v) is 2.47. The summed E-state index contributed by atoms with van der Waals surface area (Å²) < 4.78 is 1.22. The summed E-state index contributed by atoms with van der Waals surface area (Å²) in [7, 11) is 0. The van der Waals surface area contributed by atoms with Crippen molar-refractivity contribution < 1.29 is 4.79 Å². The third kappa shape index (κ3) is 1.24. The highest BCUT2D eigenvalue weighted by atomic mass is 32.1. The van der Waals surface area contributed by atoms with Crippen LogP contribution in [0.2, 0.25) is 0 Å². The van der Waals surface area contributed by atoms with Crippen LogP contribution < -0.4 is 5.56 Å². The Morgan fingerprint density at radius 3 is 2.71 bits per heavy atom. The molecule has 0 fully saturated rings. The summed E-state index contributed by atoms with van der Waals surface area (Å²) in [5.74, 6) is 0. The van der Waals surface area contributed by atoms with Gasteiger partial charge in [-0.2, -0.15) is 0 Å². The molecule has 0 N–H and O–H groups in total. The quantitative estimate of drug-likeness (QED) is 0.566. The van der Waals surface area contributed by atoms with E-state index in [2.05, 4.69) is 12.8 Å². The Morgan fingerprint density at radius 2 is 2.00 bits per heavy atom. The minimum Gasteiger partial charge on any atom is -0.298 e. The van der Waals surface area contributed by atoms with Crippen LogP contribution >= 0.6 is 12.8 Å². The Balaban J connectivity index is 3.04. The van der Waals surface area contributed by atoms with E-state index in [9.17, 15) is 9.59 Å². The summed E-state index contributed by atoms with van der Waals surface area (Å²) in [5.41, 5.74) is 0.746. The molecule has 1 heterocycles. The number of aromatic nitrogens is 1. The van der Waals surface area contributed by atoms with Gasteiger partial charge >= 0.3 is 0 Å². The van der Waals surface area contributed by atoms with Crippen LogP contribution in [0.1, 0.15) is 10.4 Å². The molecule has 14 heavy (non-hydrogen) atoms. The van der Waals surface area contributed by atoms with Gasteiger partial charge in [-0.3, -0.25) is 13.6 Å². The van der Waals surface area contributed by atoms with Gasteiger partial charge in [0.15, 0.2) is 6.29 Å². The molecule has 0 saturated heterocycles. The first kappa shape index (κ1) is 9.02. The molecule has 0 atom stereocenters. The van der Waals surface area contributed by atoms with E-state index in [1.807, 2.05) is 6.07 Å². The monoisotopic (exact) mass is 205 g/mol. The summed E-state index contributed by atoms with van der Waals surface area (Å²) >= 11 is 4.04. The van der Waals surface area contributed by atoms with E-state index in [0.717, 1.165) is 5.39 Å². The lowest BCUT2D eigenvalue weighted by Crippen LogP contribution is -2.13. The van der Waals surface area contributed by atoms with Crippen LogP contribution in [0.5, 0.6) is 0 Å². The van der Waals surface area contributed by atoms with Gasteiger partial charge in [-0.05, 0) is 6.07 Å². The van der Waals surface area contributed by atoms with Crippen LogP contribution in [-0.2, 0) is 0 Å². The van der Waals surface area contributed by atoms with Crippen LogP contribution in [0.25, 0.3) is 10.9 Å². The summed E-state index contributed by atoms with van der Waals surface area (Å²) in [5, 5.41) is 0.733. The molecule has 0 spiro atoms. The average molecular weight is 205 g/mol. The molecular formula is C10H7NO2S. The van der Waals surface area contributed by atoms with Crippen molar-refractivity contribution in [3.8, 4) is 0 Å². The van der Waals surface area contributed by atoms with Crippen molar-refractivity contribution in [2.75, 3.05) is 0 Å². The summed E-state index contributed by atoms with van der Waals surface area (Å²) in [6.45, 7) is 0. The van der Waals surface area contributed by atoms with Crippen LogP contribution in [0.4, 0.5) is 0 Å². The Hall–Kier alpha value is -1.55. The normalized spacial score (nSPS) is 10.4. The Kier molecular flexibility index (Phi) is 2.13. The van der Waals surface area contributed by atoms with Gasteiger partial charge in [-0.15, -0.1) is 0 Å². The molecule has 0 aliphatic rings. The van der Waals surface area contributed by atoms with Crippen LogP contribution in [-0.4, -0.2) is 10.3 Å². The number of carbonyl (C=O) groups is 1. The first-order valence-electron chi connectivity index (χ1n) is 4.03. The second-order valence-electron chi connectivity index (χ2n) is 2.88. The van der Waals surface area contributed by atoms with Crippen LogP contribution in [0.3, 0.4) is 0 Å². The maximum absolute atomic E-state index is 11.3. The lowest BCUT2D eigenvalue weighted by Gasteiger charge is -2.04. The lowest BCUT2D eigenvalue weighted by atomic mass is 10.1. The Bertz CT molecular complexity index is 560. The molecule has 0 radical (unpaired) electrons. The van der Waals surface area contributed by atoms with Gasteiger partial charge in [0.05, 0.1) is 5.52 Å². The number of hydrogen-bond donors (Lipinski definition) is 1. The highest BCUT2D eigenvalue weighted by Crippen LogP contribution is 2.15. The number of nitrogens with zero attached hydrogens (tertiary/aromatic N) is 1. The number of para-hydroxylation sites is 1. The molecule has 70 valence electrons. The third-order valence-electron chi connectivity index (χ3n) is 2.06. The average Bonchev–Trinajstić information content (AvgIpc) is 2.23. The molecule has 0 saturated carbocycles. The largest absolute Gasteiger partial charge is 0.298 e. The van der Waals surface area contributed by atoms with E-state index < -0.39 is 0 Å². The fourth-order valence-corrected chi connectivity index (χ4v) is 1.62. The maximum Gasteiger partial charge on any atom is 0.261 e. The van der Waals surface area contributed by atoms with Gasteiger partial charge in [0.2, 0.25) is 0 Å². The molecule has 2 aromatic rings. The van der Waals surface area contributed by atoms with Gasteiger partial charge < -0.3 is 0 Å². The molecule has 0 unspecified atom stereocenters. The topological polar surface area (TPSA) is 39.1 Å². The standard InChI is InChI=1S/C10H7NO2S/c12-6-7-5-10(13)11(14)9-4-2-1-3-8(7)9/h1-6,14H. The predicted octanol–water partition coefficient (Wildman–Crippen LogP) is 1.51. The van der Waals surface area contributed by atoms with Crippen molar-refractivity contribution in [3.63, 3.8) is 0 Å². The van der Waals surface area contributed by atoms with E-state index in [0.29, 0.717) is 17.4 Å². The SMILES string of the molecule is O=Cc1cc(=O)n(S)c2ccccc12. The number of benzene rings is 1. The van der Waals surface area contributed by atoms with Gasteiger partial charge in [-0.25, -0.2) is 0 Å². The highest BCUT2D eigenvalue weighted by Gasteiger charge is 2.04. The highest BCUT2D eigenvalue weighted by molar-refractivity contribution is 7.78. The summed E-state index contributed by atoms with van der Waals surface area (Å²) in [4.78, 5) is 22.1. The molecule has 4 heteroatoms. The minimum atomic E-state index is -0.297. The molecular weight excluding hydrogens is 198 g/mol. The van der Waals surface area contributed by atoms with Gasteiger partial charge in [0.25, 0.3) is 5.56 Å². The Labute approximate surface area is 85.5 Å². The molecule has 0 amide bonds. The second kappa shape index (κ2) is 3.31. The van der Waals surface area contributed by atoms with Gasteiger partial charge in [0, 0.05) is 17.0 Å². The van der Waals surface area contributed by atoms with Crippen LogP contribution in [0, 0.1) is 0 Å². The first-order chi connectivity index (χ1) is 6.74. The minimum absolute atomic E-state index is 0.297. The van der Waals surface area contributed by atoms with E-state index in [4.69, 9.17) is 0 Å². The first-order valence-corrected chi connectivity index (χ1v) is 4.43.